The first-order chi connectivity index (χ1) is 10.0. The minimum Gasteiger partial charge on any atom is -0.508 e. The van der Waals surface area contributed by atoms with Gasteiger partial charge in [0, 0.05) is 11.8 Å². The largest absolute Gasteiger partial charge is 0.508 e. The molecule has 2 fully saturated rings. The van der Waals surface area contributed by atoms with Gasteiger partial charge in [-0.3, -0.25) is 9.59 Å². The zero-order chi connectivity index (χ0) is 14.8. The van der Waals surface area contributed by atoms with Crippen LogP contribution in [0.3, 0.4) is 0 Å². The summed E-state index contributed by atoms with van der Waals surface area (Å²) in [5.41, 5.74) is 2.17. The minimum absolute atomic E-state index is 0.123. The number of hydrogen-bond donors (Lipinski definition) is 1. The molecule has 0 bridgehead atoms. The Labute approximate surface area is 124 Å². The number of aryl methyl sites for hydroxylation is 1. The van der Waals surface area contributed by atoms with E-state index in [4.69, 9.17) is 0 Å². The fourth-order valence-electron chi connectivity index (χ4n) is 5.16. The van der Waals surface area contributed by atoms with Crippen LogP contribution in [0, 0.1) is 17.3 Å². The molecular formula is C18H20O3. The molecule has 3 aliphatic rings. The molecular weight excluding hydrogens is 264 g/mol. The van der Waals surface area contributed by atoms with Crippen molar-refractivity contribution in [3.05, 3.63) is 29.3 Å². The predicted molar refractivity (Wildman–Crippen MR) is 78.1 cm³/mol. The number of carbonyl (C=O) groups is 2. The third kappa shape index (κ3) is 1.66. The second kappa shape index (κ2) is 4.19. The van der Waals surface area contributed by atoms with Crippen LogP contribution in [0.5, 0.6) is 5.75 Å². The topological polar surface area (TPSA) is 54.4 Å². The lowest BCUT2D eigenvalue weighted by molar-refractivity contribution is -0.139. The Morgan fingerprint density at radius 3 is 2.86 bits per heavy atom. The summed E-state index contributed by atoms with van der Waals surface area (Å²) in [6.07, 6.45) is 4.23. The number of phenolic OH excluding ortho intramolecular Hbond substituents is 1. The van der Waals surface area contributed by atoms with E-state index in [1.54, 1.807) is 6.07 Å². The van der Waals surface area contributed by atoms with E-state index in [0.29, 0.717) is 24.0 Å². The molecule has 0 heterocycles. The molecule has 2 saturated carbocycles. The molecule has 1 aromatic carbocycles. The second-order valence-corrected chi connectivity index (χ2v) is 7.21. The molecule has 1 aromatic rings. The lowest BCUT2D eigenvalue weighted by Crippen LogP contribution is -2.42. The van der Waals surface area contributed by atoms with Gasteiger partial charge >= 0.3 is 0 Å². The number of ketones is 2. The van der Waals surface area contributed by atoms with Crippen molar-refractivity contribution in [3.63, 3.8) is 0 Å². The monoisotopic (exact) mass is 284 g/mol. The standard InChI is InChI=1S/C18H20O3/c1-18-7-6-13-12-5-3-11(19)8-10(12)2-4-14(13)15(18)9-16(20)17(18)21/h3,5,8,13-15,19H,2,4,6-7,9H2,1H3/t13-,14+,15+,18+/m1/s1. The lowest BCUT2D eigenvalue weighted by atomic mass is 9.55. The highest BCUT2D eigenvalue weighted by Gasteiger charge is 2.58. The fourth-order valence-corrected chi connectivity index (χ4v) is 5.16. The fraction of sp³-hybridized carbons (Fsp3) is 0.556. The summed E-state index contributed by atoms with van der Waals surface area (Å²) >= 11 is 0. The average Bonchev–Trinajstić information content (AvgIpc) is 2.70. The van der Waals surface area contributed by atoms with Crippen LogP contribution in [-0.2, 0) is 16.0 Å². The summed E-state index contributed by atoms with van der Waals surface area (Å²) in [4.78, 5) is 24.2. The maximum atomic E-state index is 12.2. The normalized spacial score (nSPS) is 37.9. The Morgan fingerprint density at radius 2 is 2.05 bits per heavy atom. The van der Waals surface area contributed by atoms with Gasteiger partial charge in [-0.05, 0) is 66.7 Å². The molecule has 21 heavy (non-hydrogen) atoms. The van der Waals surface area contributed by atoms with Crippen molar-refractivity contribution in [2.45, 2.75) is 44.9 Å². The maximum absolute atomic E-state index is 12.2. The van der Waals surface area contributed by atoms with Gasteiger partial charge in [0.2, 0.25) is 5.78 Å². The summed E-state index contributed by atoms with van der Waals surface area (Å²) in [5.74, 6) is 1.17. The quantitative estimate of drug-likeness (QED) is 0.745. The van der Waals surface area contributed by atoms with Gasteiger partial charge in [0.05, 0.1) is 0 Å². The van der Waals surface area contributed by atoms with E-state index in [-0.39, 0.29) is 17.5 Å². The number of fused-ring (bicyclic) bond motifs is 5. The Morgan fingerprint density at radius 1 is 1.24 bits per heavy atom. The van der Waals surface area contributed by atoms with E-state index in [2.05, 4.69) is 0 Å². The van der Waals surface area contributed by atoms with Crippen molar-refractivity contribution in [1.82, 2.24) is 0 Å². The number of Topliss-reactive ketones (excluding diaryl/α,β-unsaturated/α-hetero) is 2. The Bertz CT molecular complexity index is 648. The summed E-state index contributed by atoms with van der Waals surface area (Å²) in [6.45, 7) is 2.01. The van der Waals surface area contributed by atoms with Crippen LogP contribution in [0.1, 0.15) is 49.7 Å². The van der Waals surface area contributed by atoms with E-state index in [0.717, 1.165) is 25.7 Å². The van der Waals surface area contributed by atoms with Crippen LogP contribution in [0.15, 0.2) is 18.2 Å². The van der Waals surface area contributed by atoms with E-state index in [9.17, 15) is 14.7 Å². The highest BCUT2D eigenvalue weighted by Crippen LogP contribution is 2.58. The van der Waals surface area contributed by atoms with Gasteiger partial charge in [-0.2, -0.15) is 0 Å². The summed E-state index contributed by atoms with van der Waals surface area (Å²) in [6, 6.07) is 5.69. The molecule has 0 aromatic heterocycles. The predicted octanol–water partition coefficient (Wildman–Crippen LogP) is 3.00. The molecule has 110 valence electrons. The van der Waals surface area contributed by atoms with Crippen molar-refractivity contribution >= 4 is 11.6 Å². The van der Waals surface area contributed by atoms with Gasteiger partial charge in [-0.1, -0.05) is 13.0 Å². The summed E-state index contributed by atoms with van der Waals surface area (Å²) in [5, 5.41) is 9.66. The molecule has 3 aliphatic carbocycles. The molecule has 4 atom stereocenters. The van der Waals surface area contributed by atoms with Gasteiger partial charge in [0.25, 0.3) is 0 Å². The number of carbonyl (C=O) groups excluding carboxylic acids is 2. The first-order valence-corrected chi connectivity index (χ1v) is 7.90. The molecule has 0 spiro atoms. The molecule has 0 radical (unpaired) electrons. The van der Waals surface area contributed by atoms with Gasteiger partial charge in [0.1, 0.15) is 5.75 Å². The highest BCUT2D eigenvalue weighted by molar-refractivity contribution is 6.41. The number of aromatic hydroxyl groups is 1. The third-order valence-electron chi connectivity index (χ3n) is 6.28. The molecule has 0 saturated heterocycles. The Hall–Kier alpha value is -1.64. The number of phenols is 1. The van der Waals surface area contributed by atoms with Crippen LogP contribution in [0.4, 0.5) is 0 Å². The van der Waals surface area contributed by atoms with Crippen LogP contribution in [0.2, 0.25) is 0 Å². The zero-order valence-corrected chi connectivity index (χ0v) is 12.3. The van der Waals surface area contributed by atoms with Crippen LogP contribution in [0.25, 0.3) is 0 Å². The first-order valence-electron chi connectivity index (χ1n) is 7.90. The van der Waals surface area contributed by atoms with Crippen molar-refractivity contribution in [2.75, 3.05) is 0 Å². The molecule has 3 heteroatoms. The van der Waals surface area contributed by atoms with Crippen molar-refractivity contribution < 1.29 is 14.7 Å². The Balaban J connectivity index is 1.74. The smallest absolute Gasteiger partial charge is 0.204 e. The van der Waals surface area contributed by atoms with E-state index in [1.807, 2.05) is 19.1 Å². The second-order valence-electron chi connectivity index (χ2n) is 7.21. The zero-order valence-electron chi connectivity index (χ0n) is 12.3. The first kappa shape index (κ1) is 13.1. The summed E-state index contributed by atoms with van der Waals surface area (Å²) < 4.78 is 0. The SMILES string of the molecule is C[C@]12CC[C@@H]3c4ccc(O)cc4CC[C@@H]3[C@@H]1CC(=O)C2=O. The van der Waals surface area contributed by atoms with Crippen molar-refractivity contribution in [2.24, 2.45) is 17.3 Å². The maximum Gasteiger partial charge on any atom is 0.204 e. The number of hydrogen-bond acceptors (Lipinski definition) is 3. The van der Waals surface area contributed by atoms with Crippen molar-refractivity contribution in [3.8, 4) is 5.75 Å². The highest BCUT2D eigenvalue weighted by atomic mass is 16.3. The van der Waals surface area contributed by atoms with Crippen LogP contribution in [-0.4, -0.2) is 16.7 Å². The van der Waals surface area contributed by atoms with Gasteiger partial charge in [0.15, 0.2) is 5.78 Å². The molecule has 0 aliphatic heterocycles. The Kier molecular flexibility index (Phi) is 2.60. The van der Waals surface area contributed by atoms with Crippen molar-refractivity contribution in [1.29, 1.82) is 0 Å². The molecule has 3 nitrogen and oxygen atoms in total. The van der Waals surface area contributed by atoms with Crippen LogP contribution < -0.4 is 0 Å². The van der Waals surface area contributed by atoms with Gasteiger partial charge in [-0.25, -0.2) is 0 Å². The van der Waals surface area contributed by atoms with Gasteiger partial charge < -0.3 is 5.11 Å². The molecule has 0 unspecified atom stereocenters. The van der Waals surface area contributed by atoms with Crippen LogP contribution >= 0.6 is 0 Å². The van der Waals surface area contributed by atoms with E-state index < -0.39 is 5.41 Å². The van der Waals surface area contributed by atoms with E-state index in [1.165, 1.54) is 11.1 Å². The average molecular weight is 284 g/mol. The minimum atomic E-state index is -0.410. The van der Waals surface area contributed by atoms with E-state index >= 15 is 0 Å². The number of rotatable bonds is 0. The van der Waals surface area contributed by atoms with Gasteiger partial charge in [-0.15, -0.1) is 0 Å². The summed E-state index contributed by atoms with van der Waals surface area (Å²) in [7, 11) is 0. The number of benzene rings is 1. The third-order valence-corrected chi connectivity index (χ3v) is 6.28. The molecule has 4 rings (SSSR count). The molecule has 0 amide bonds. The lowest BCUT2D eigenvalue weighted by Gasteiger charge is -2.47. The molecule has 1 N–H and O–H groups in total.